The minimum absolute atomic E-state index is 0.193. The second-order valence-corrected chi connectivity index (χ2v) is 7.56. The van der Waals surface area contributed by atoms with E-state index < -0.39 is 24.0 Å². The van der Waals surface area contributed by atoms with Crippen LogP contribution in [0.4, 0.5) is 4.79 Å². The molecule has 2 unspecified atom stereocenters. The molecule has 26 heavy (non-hydrogen) atoms. The molecule has 1 spiro atoms. The number of amides is 1. The molecule has 0 aromatic rings. The number of nitrogens with one attached hydrogen (secondary N) is 1. The van der Waals surface area contributed by atoms with Gasteiger partial charge in [0, 0.05) is 13.1 Å². The number of rotatable bonds is 2. The van der Waals surface area contributed by atoms with Crippen LogP contribution in [-0.2, 0) is 4.74 Å². The summed E-state index contributed by atoms with van der Waals surface area (Å²) in [5, 5.41) is 14.0. The van der Waals surface area contributed by atoms with Gasteiger partial charge >= 0.3 is 6.09 Å². The minimum atomic E-state index is -1.02. The molecule has 4 rings (SSSR count). The lowest BCUT2D eigenvalue weighted by Crippen LogP contribution is -2.71. The maximum Gasteiger partial charge on any atom is 0.410 e. The van der Waals surface area contributed by atoms with Crippen LogP contribution in [0.5, 0.6) is 0 Å². The predicted octanol–water partition coefficient (Wildman–Crippen LogP) is -1.26. The number of aliphatic imine (C=N–C) groups is 2. The largest absolute Gasteiger partial charge is 0.441 e. The smallest absolute Gasteiger partial charge is 0.410 e. The Kier molecular flexibility index (Phi) is 4.09. The Balaban J connectivity index is 1.49. The van der Waals surface area contributed by atoms with Gasteiger partial charge in [-0.25, -0.2) is 9.79 Å². The number of carbonyl (C=O) groups is 1. The van der Waals surface area contributed by atoms with Gasteiger partial charge in [-0.3, -0.25) is 4.99 Å². The van der Waals surface area contributed by atoms with Crippen molar-refractivity contribution in [2.45, 2.75) is 62.1 Å². The van der Waals surface area contributed by atoms with Gasteiger partial charge in [0.05, 0.1) is 13.1 Å². The first-order valence-electron chi connectivity index (χ1n) is 9.24. The Morgan fingerprint density at radius 3 is 2.85 bits per heavy atom. The summed E-state index contributed by atoms with van der Waals surface area (Å²) in [5.74, 6) is 0.520. The molecule has 3 heterocycles. The molecule has 0 bridgehead atoms. The predicted molar refractivity (Wildman–Crippen MR) is 95.4 cm³/mol. The highest BCUT2D eigenvalue weighted by molar-refractivity contribution is 5.86. The monoisotopic (exact) mass is 365 g/mol. The van der Waals surface area contributed by atoms with E-state index in [4.69, 9.17) is 16.2 Å². The van der Waals surface area contributed by atoms with Crippen LogP contribution in [0.1, 0.15) is 32.1 Å². The molecule has 1 aliphatic carbocycles. The van der Waals surface area contributed by atoms with Crippen molar-refractivity contribution in [3.05, 3.63) is 0 Å². The van der Waals surface area contributed by atoms with Gasteiger partial charge in [0.1, 0.15) is 12.1 Å². The Bertz CT molecular complexity index is 648. The Morgan fingerprint density at radius 2 is 2.12 bits per heavy atom. The summed E-state index contributed by atoms with van der Waals surface area (Å²) in [6, 6.07) is -0.178. The fourth-order valence-electron chi connectivity index (χ4n) is 4.64. The summed E-state index contributed by atoms with van der Waals surface area (Å²) in [6.45, 7) is 0.572. The maximum absolute atomic E-state index is 12.6. The Hall–Kier alpha value is -2.23. The zero-order chi connectivity index (χ0) is 18.5. The van der Waals surface area contributed by atoms with Crippen LogP contribution in [0.3, 0.4) is 0 Å². The topological polar surface area (TPSA) is 142 Å². The molecule has 6 N–H and O–H groups in total. The first-order chi connectivity index (χ1) is 12.4. The number of ether oxygens (including phenoxy) is 1. The molecular formula is C16H27N7O3. The molecule has 1 saturated heterocycles. The standard InChI is InChI=1S/C16H27N7O3/c1-22(9-5-3-2-4-6-9)15(25)26-10-8-23-14(18)19-7-11-16(23,12(10)24)21-13(17)20-11/h9-12,24H,2-8H2,1H3,(H2,18,19)(H3,17,20,21)/t10-,11?,12+,16?/m0/s1. The van der Waals surface area contributed by atoms with Gasteiger partial charge in [0.25, 0.3) is 0 Å². The van der Waals surface area contributed by atoms with Gasteiger partial charge < -0.3 is 36.4 Å². The summed E-state index contributed by atoms with van der Waals surface area (Å²) in [5.41, 5.74) is 10.9. The summed E-state index contributed by atoms with van der Waals surface area (Å²) in [4.78, 5) is 24.6. The third-order valence-corrected chi connectivity index (χ3v) is 6.11. The number of carbonyl (C=O) groups excluding carboxylic acids is 1. The fraction of sp³-hybridized carbons (Fsp3) is 0.812. The van der Waals surface area contributed by atoms with Crippen molar-refractivity contribution in [3.8, 4) is 0 Å². The molecule has 3 aliphatic heterocycles. The van der Waals surface area contributed by atoms with Crippen molar-refractivity contribution in [1.82, 2.24) is 15.1 Å². The average Bonchev–Trinajstić information content (AvgIpc) is 3.12. The van der Waals surface area contributed by atoms with Crippen LogP contribution < -0.4 is 16.8 Å². The van der Waals surface area contributed by atoms with Crippen molar-refractivity contribution < 1.29 is 14.6 Å². The fourth-order valence-corrected chi connectivity index (χ4v) is 4.64. The number of nitrogens with two attached hydrogens (primary N) is 2. The normalized spacial score (nSPS) is 36.5. The zero-order valence-corrected chi connectivity index (χ0v) is 15.0. The number of guanidine groups is 2. The van der Waals surface area contributed by atoms with E-state index in [1.54, 1.807) is 16.8 Å². The molecule has 144 valence electrons. The van der Waals surface area contributed by atoms with E-state index in [1.807, 2.05) is 0 Å². The second-order valence-electron chi connectivity index (χ2n) is 7.56. The van der Waals surface area contributed by atoms with Gasteiger partial charge in [-0.1, -0.05) is 19.3 Å². The molecule has 0 aromatic carbocycles. The molecule has 1 saturated carbocycles. The van der Waals surface area contributed by atoms with E-state index in [-0.39, 0.29) is 30.5 Å². The van der Waals surface area contributed by atoms with Crippen molar-refractivity contribution in [3.63, 3.8) is 0 Å². The van der Waals surface area contributed by atoms with E-state index in [0.717, 1.165) is 25.7 Å². The van der Waals surface area contributed by atoms with Gasteiger partial charge in [-0.15, -0.1) is 0 Å². The molecular weight excluding hydrogens is 338 g/mol. The van der Waals surface area contributed by atoms with Crippen LogP contribution in [0.2, 0.25) is 0 Å². The van der Waals surface area contributed by atoms with Crippen molar-refractivity contribution in [2.24, 2.45) is 21.5 Å². The molecule has 1 amide bonds. The molecule has 4 atom stereocenters. The van der Waals surface area contributed by atoms with E-state index in [1.165, 1.54) is 6.42 Å². The highest BCUT2D eigenvalue weighted by Crippen LogP contribution is 2.38. The summed E-state index contributed by atoms with van der Waals surface area (Å²) in [6.07, 6.45) is 3.26. The van der Waals surface area contributed by atoms with Crippen LogP contribution >= 0.6 is 0 Å². The second kappa shape index (κ2) is 6.19. The van der Waals surface area contributed by atoms with Gasteiger partial charge in [0.15, 0.2) is 23.7 Å². The first-order valence-corrected chi connectivity index (χ1v) is 9.24. The number of aliphatic hydroxyl groups is 1. The SMILES string of the molecule is CN(C(=O)O[C@H]1CN2C(N)=NCC3N=C(N)NC32[C@@H]1O)C1CCCCC1. The number of nitrogens with zero attached hydrogens (tertiary/aromatic N) is 4. The summed E-state index contributed by atoms with van der Waals surface area (Å²) >= 11 is 0. The molecule has 2 fully saturated rings. The highest BCUT2D eigenvalue weighted by Gasteiger charge is 2.64. The quantitative estimate of drug-likeness (QED) is 0.479. The lowest BCUT2D eigenvalue weighted by Gasteiger charge is -2.43. The highest BCUT2D eigenvalue weighted by atomic mass is 16.6. The molecule has 4 aliphatic rings. The van der Waals surface area contributed by atoms with Crippen molar-refractivity contribution >= 4 is 18.0 Å². The van der Waals surface area contributed by atoms with Crippen LogP contribution in [0.15, 0.2) is 9.98 Å². The third-order valence-electron chi connectivity index (χ3n) is 6.11. The number of hydrogen-bond acceptors (Lipinski definition) is 9. The van der Waals surface area contributed by atoms with E-state index >= 15 is 0 Å². The van der Waals surface area contributed by atoms with E-state index in [9.17, 15) is 9.90 Å². The lowest BCUT2D eigenvalue weighted by molar-refractivity contribution is -0.0300. The van der Waals surface area contributed by atoms with Crippen molar-refractivity contribution in [2.75, 3.05) is 20.1 Å². The summed E-state index contributed by atoms with van der Waals surface area (Å²) < 4.78 is 5.67. The van der Waals surface area contributed by atoms with Crippen LogP contribution in [0.25, 0.3) is 0 Å². The number of hydrogen-bond donors (Lipinski definition) is 4. The van der Waals surface area contributed by atoms with Crippen LogP contribution in [-0.4, -0.2) is 83.0 Å². The molecule has 10 nitrogen and oxygen atoms in total. The lowest BCUT2D eigenvalue weighted by atomic mass is 9.93. The molecule has 0 radical (unpaired) electrons. The first kappa shape index (κ1) is 17.2. The van der Waals surface area contributed by atoms with Gasteiger partial charge in [-0.2, -0.15) is 0 Å². The van der Waals surface area contributed by atoms with Gasteiger partial charge in [0.2, 0.25) is 0 Å². The number of aliphatic hydroxyl groups excluding tert-OH is 1. The minimum Gasteiger partial charge on any atom is -0.441 e. The zero-order valence-electron chi connectivity index (χ0n) is 15.0. The average molecular weight is 365 g/mol. The van der Waals surface area contributed by atoms with Crippen LogP contribution in [0, 0.1) is 0 Å². The van der Waals surface area contributed by atoms with Crippen molar-refractivity contribution in [1.29, 1.82) is 0 Å². The van der Waals surface area contributed by atoms with E-state index in [2.05, 4.69) is 15.3 Å². The molecule has 0 aromatic heterocycles. The Labute approximate surface area is 152 Å². The maximum atomic E-state index is 12.6. The third kappa shape index (κ3) is 2.46. The molecule has 10 heteroatoms. The van der Waals surface area contributed by atoms with E-state index in [0.29, 0.717) is 6.54 Å². The van der Waals surface area contributed by atoms with Gasteiger partial charge in [-0.05, 0) is 12.8 Å². The summed E-state index contributed by atoms with van der Waals surface area (Å²) in [7, 11) is 1.76. The Morgan fingerprint density at radius 1 is 1.38 bits per heavy atom.